The normalized spacial score (nSPS) is 10.9. The first-order chi connectivity index (χ1) is 9.27. The minimum atomic E-state index is -0.370. The van der Waals surface area contributed by atoms with Crippen LogP contribution in [-0.2, 0) is 0 Å². The van der Waals surface area contributed by atoms with Gasteiger partial charge < -0.3 is 0 Å². The average Bonchev–Trinajstić information content (AvgIpc) is 2.38. The first-order valence-electron chi connectivity index (χ1n) is 7.09. The highest BCUT2D eigenvalue weighted by atomic mass is 14.2. The Morgan fingerprint density at radius 2 is 1.50 bits per heavy atom. The highest BCUT2D eigenvalue weighted by molar-refractivity contribution is 7.51. The van der Waals surface area contributed by atoms with Crippen molar-refractivity contribution in [3.8, 4) is 0 Å². The molecule has 10 radical (unpaired) electrons. The molecule has 0 amide bonds. The molecule has 1 rings (SSSR count). The van der Waals surface area contributed by atoms with E-state index in [-0.39, 0.29) is 6.49 Å². The van der Waals surface area contributed by atoms with Gasteiger partial charge in [0.15, 0.2) is 0 Å². The fourth-order valence-electron chi connectivity index (χ4n) is 3.06. The summed E-state index contributed by atoms with van der Waals surface area (Å²) in [4.78, 5) is 0. The molecule has 0 aliphatic heterocycles. The molecule has 1 aromatic carbocycles. The van der Waals surface area contributed by atoms with Crippen LogP contribution in [0.25, 0.3) is 0 Å². The van der Waals surface area contributed by atoms with Gasteiger partial charge in [0.25, 0.3) is 0 Å². The van der Waals surface area contributed by atoms with Crippen molar-refractivity contribution in [2.45, 2.75) is 46.5 Å². The molecule has 1 aromatic rings. The molecule has 90 valence electrons. The summed E-state index contributed by atoms with van der Waals surface area (Å²) in [5.41, 5.74) is 6.04. The third-order valence-electron chi connectivity index (χ3n) is 3.83. The van der Waals surface area contributed by atoms with Crippen molar-refractivity contribution in [2.24, 2.45) is 0 Å². The van der Waals surface area contributed by atoms with Crippen LogP contribution in [-0.4, -0.2) is 51.8 Å². The van der Waals surface area contributed by atoms with Crippen molar-refractivity contribution in [3.05, 3.63) is 16.7 Å². The van der Waals surface area contributed by atoms with Gasteiger partial charge in [-0.1, -0.05) is 33.3 Å². The molecule has 0 unspecified atom stereocenters. The smallest absolute Gasteiger partial charge is 0.111 e. The lowest BCUT2D eigenvalue weighted by atomic mass is 9.02. The Balaban J connectivity index is 3.80. The fourth-order valence-corrected chi connectivity index (χ4v) is 3.06. The van der Waals surface area contributed by atoms with E-state index in [1.165, 1.54) is 25.4 Å². The van der Waals surface area contributed by atoms with Gasteiger partial charge in [0, 0.05) is 30.3 Å². The lowest BCUT2D eigenvalue weighted by molar-refractivity contribution is 0.790. The number of hydrogen-bond acceptors (Lipinski definition) is 0. The Morgan fingerprint density at radius 3 is 1.85 bits per heavy atom. The summed E-state index contributed by atoms with van der Waals surface area (Å²) in [6.45, 7) is 10.3. The third kappa shape index (κ3) is 3.12. The zero-order valence-electron chi connectivity index (χ0n) is 13.2. The summed E-state index contributed by atoms with van der Waals surface area (Å²) in [5.74, 6) is 0.696. The van der Waals surface area contributed by atoms with Gasteiger partial charge in [-0.15, -0.1) is 16.4 Å². The van der Waals surface area contributed by atoms with E-state index < -0.39 is 0 Å². The molecule has 0 aromatic heterocycles. The van der Waals surface area contributed by atoms with Gasteiger partial charge in [0.1, 0.15) is 7.85 Å². The fraction of sp³-hybridized carbons (Fsp3) is 0.538. The highest BCUT2D eigenvalue weighted by Gasteiger charge is 2.23. The number of rotatable bonds is 5. The second-order valence-corrected chi connectivity index (χ2v) is 5.89. The SMILES string of the molecule is [B][B]B([B])c1c(C)c(C(C)C)c(C(C)C)c([B])c1[B][B]. The minimum Gasteiger partial charge on any atom is -0.111 e. The van der Waals surface area contributed by atoms with E-state index in [2.05, 4.69) is 34.6 Å². The Hall–Kier alpha value is -0.325. The van der Waals surface area contributed by atoms with E-state index in [4.69, 9.17) is 31.1 Å². The zero-order valence-corrected chi connectivity index (χ0v) is 13.2. The second kappa shape index (κ2) is 7.10. The monoisotopic (exact) mass is 250 g/mol. The van der Waals surface area contributed by atoms with Crippen molar-refractivity contribution < 1.29 is 0 Å². The van der Waals surface area contributed by atoms with E-state index >= 15 is 0 Å². The Labute approximate surface area is 131 Å². The van der Waals surface area contributed by atoms with E-state index in [0.717, 1.165) is 22.0 Å². The molecule has 0 N–H and O–H groups in total. The first-order valence-corrected chi connectivity index (χ1v) is 7.09. The van der Waals surface area contributed by atoms with Gasteiger partial charge in [0.2, 0.25) is 0 Å². The molecule has 0 saturated carbocycles. The minimum absolute atomic E-state index is 0.330. The molecular formula is C13H17B7. The van der Waals surface area contributed by atoms with Crippen LogP contribution in [0.2, 0.25) is 0 Å². The van der Waals surface area contributed by atoms with E-state index in [0.29, 0.717) is 11.8 Å². The maximum atomic E-state index is 6.37. The first kappa shape index (κ1) is 17.7. The topological polar surface area (TPSA) is 0 Å². The predicted molar refractivity (Wildman–Crippen MR) is 98.5 cm³/mol. The molecule has 0 fully saturated rings. The Kier molecular flexibility index (Phi) is 6.29. The Morgan fingerprint density at radius 1 is 1.00 bits per heavy atom. The van der Waals surface area contributed by atoms with Crippen LogP contribution in [0.1, 0.15) is 56.2 Å². The van der Waals surface area contributed by atoms with Gasteiger partial charge >= 0.3 is 0 Å². The molecule has 0 aliphatic rings. The van der Waals surface area contributed by atoms with Crippen LogP contribution < -0.4 is 16.4 Å². The highest BCUT2D eigenvalue weighted by Crippen LogP contribution is 2.26. The maximum absolute atomic E-state index is 6.37. The summed E-state index contributed by atoms with van der Waals surface area (Å²) in [7, 11) is 26.9. The molecule has 0 aliphatic carbocycles. The zero-order chi connectivity index (χ0) is 15.6. The van der Waals surface area contributed by atoms with Gasteiger partial charge in [-0.3, -0.25) is 0 Å². The van der Waals surface area contributed by atoms with Crippen LogP contribution in [0.15, 0.2) is 0 Å². The van der Waals surface area contributed by atoms with Crippen LogP contribution in [0, 0.1) is 6.92 Å². The molecule has 0 saturated heterocycles. The molecule has 0 atom stereocenters. The van der Waals surface area contributed by atoms with Crippen molar-refractivity contribution in [3.63, 3.8) is 0 Å². The molecule has 7 heteroatoms. The largest absolute Gasteiger partial charge is 0.113 e. The van der Waals surface area contributed by atoms with Gasteiger partial charge in [0.05, 0.1) is 13.7 Å². The van der Waals surface area contributed by atoms with Crippen LogP contribution in [0.3, 0.4) is 0 Å². The second-order valence-electron chi connectivity index (χ2n) is 5.89. The number of benzene rings is 1. The van der Waals surface area contributed by atoms with Crippen LogP contribution in [0.5, 0.6) is 0 Å². The standard InChI is InChI=1S/C13H17B7/c1-6(2)9-8(5)13(20(17)19-16)12(18-15)11(14)10(9)7(3)4/h6-7H,1-5H3. The molecule has 0 bridgehead atoms. The maximum Gasteiger partial charge on any atom is 0.113 e. The summed E-state index contributed by atoms with van der Waals surface area (Å²) in [6.07, 6.45) is 0. The van der Waals surface area contributed by atoms with E-state index in [1.54, 1.807) is 0 Å². The van der Waals surface area contributed by atoms with Gasteiger partial charge in [-0.25, -0.2) is 0 Å². The lowest BCUT2D eigenvalue weighted by Crippen LogP contribution is -2.57. The van der Waals surface area contributed by atoms with Crippen molar-refractivity contribution in [1.29, 1.82) is 0 Å². The molecular weight excluding hydrogens is 232 g/mol. The summed E-state index contributed by atoms with van der Waals surface area (Å²) >= 11 is 0. The van der Waals surface area contributed by atoms with Crippen molar-refractivity contribution in [1.82, 2.24) is 0 Å². The summed E-state index contributed by atoms with van der Waals surface area (Å²) < 4.78 is 0. The van der Waals surface area contributed by atoms with E-state index in [9.17, 15) is 0 Å². The molecule has 20 heavy (non-hydrogen) atoms. The van der Waals surface area contributed by atoms with Gasteiger partial charge in [-0.2, -0.15) is 0 Å². The summed E-state index contributed by atoms with van der Waals surface area (Å²) in [5, 5.41) is 0. The molecule has 0 nitrogen and oxygen atoms in total. The molecule has 0 heterocycles. The third-order valence-corrected chi connectivity index (χ3v) is 3.83. The predicted octanol–water partition coefficient (Wildman–Crippen LogP) is -0.900. The lowest BCUT2D eigenvalue weighted by Gasteiger charge is -2.30. The van der Waals surface area contributed by atoms with Crippen molar-refractivity contribution >= 4 is 68.2 Å². The van der Waals surface area contributed by atoms with E-state index in [1.807, 2.05) is 0 Å². The Bertz CT molecular complexity index is 482. The number of hydrogen-bond donors (Lipinski definition) is 0. The quantitative estimate of drug-likeness (QED) is 0.593. The average molecular weight is 249 g/mol. The van der Waals surface area contributed by atoms with Crippen LogP contribution >= 0.6 is 0 Å². The molecule has 0 spiro atoms. The van der Waals surface area contributed by atoms with Crippen molar-refractivity contribution in [2.75, 3.05) is 0 Å². The van der Waals surface area contributed by atoms with Crippen LogP contribution in [0.4, 0.5) is 0 Å². The summed E-state index contributed by atoms with van der Waals surface area (Å²) in [6, 6.07) is 0. The van der Waals surface area contributed by atoms with Gasteiger partial charge in [-0.05, 0) is 29.9 Å².